The summed E-state index contributed by atoms with van der Waals surface area (Å²) in [5.41, 5.74) is 0. The van der Waals surface area contributed by atoms with E-state index in [-0.39, 0.29) is 0 Å². The van der Waals surface area contributed by atoms with Gasteiger partial charge in [-0.15, -0.1) is 0 Å². The fourth-order valence-electron chi connectivity index (χ4n) is 1.34. The third kappa shape index (κ3) is 4.94. The Kier molecular flexibility index (Phi) is 5.66. The van der Waals surface area contributed by atoms with Crippen LogP contribution in [0.4, 0.5) is 0 Å². The number of pyridine rings is 1. The molecule has 13 heavy (non-hydrogen) atoms. The lowest BCUT2D eigenvalue weighted by atomic mass is 10.2. The van der Waals surface area contributed by atoms with E-state index in [0.717, 1.165) is 12.3 Å². The van der Waals surface area contributed by atoms with E-state index < -0.39 is 0 Å². The van der Waals surface area contributed by atoms with Gasteiger partial charge in [0, 0.05) is 18.6 Å². The van der Waals surface area contributed by atoms with Gasteiger partial charge < -0.3 is 0 Å². The minimum Gasteiger partial charge on any atom is -0.205 e. The first-order valence-corrected chi connectivity index (χ1v) is 5.61. The largest absolute Gasteiger partial charge is 0.205 e. The summed E-state index contributed by atoms with van der Waals surface area (Å²) in [6.07, 6.45) is 9.42. The van der Waals surface area contributed by atoms with Crippen LogP contribution in [0.2, 0.25) is 0 Å². The van der Waals surface area contributed by atoms with E-state index in [2.05, 4.69) is 47.8 Å². The minimum atomic E-state index is 1.03. The van der Waals surface area contributed by atoms with Crippen LogP contribution >= 0.6 is 12.6 Å². The Hall–Kier alpha value is -0.500. The van der Waals surface area contributed by atoms with Crippen LogP contribution in [0.15, 0.2) is 30.6 Å². The second-order valence-corrected chi connectivity index (χ2v) is 3.70. The van der Waals surface area contributed by atoms with Crippen molar-refractivity contribution in [2.24, 2.45) is 0 Å². The molecule has 1 heterocycles. The van der Waals surface area contributed by atoms with Crippen molar-refractivity contribution in [2.45, 2.75) is 32.2 Å². The fraction of sp³-hybridized carbons (Fsp3) is 0.545. The highest BCUT2D eigenvalue weighted by atomic mass is 32.1. The molecule has 0 fully saturated rings. The van der Waals surface area contributed by atoms with Gasteiger partial charge in [0.05, 0.1) is 0 Å². The second kappa shape index (κ2) is 6.96. The lowest BCUT2D eigenvalue weighted by Gasteiger charge is -1.96. The summed E-state index contributed by atoms with van der Waals surface area (Å²) in [7, 11) is 0. The number of hydrogen-bond acceptors (Lipinski definition) is 1. The van der Waals surface area contributed by atoms with Gasteiger partial charge in [-0.1, -0.05) is 12.5 Å². The van der Waals surface area contributed by atoms with Crippen LogP contribution in [0.3, 0.4) is 0 Å². The first-order chi connectivity index (χ1) is 6.43. The molecule has 1 aromatic rings. The molecule has 0 radical (unpaired) electrons. The Balaban J connectivity index is 2.07. The molecule has 2 heteroatoms. The molecule has 0 amide bonds. The van der Waals surface area contributed by atoms with Crippen molar-refractivity contribution in [3.63, 3.8) is 0 Å². The second-order valence-electron chi connectivity index (χ2n) is 3.25. The maximum Gasteiger partial charge on any atom is 0.168 e. The van der Waals surface area contributed by atoms with Crippen molar-refractivity contribution < 1.29 is 4.57 Å². The van der Waals surface area contributed by atoms with Crippen LogP contribution in [0.25, 0.3) is 0 Å². The molecule has 0 bridgehead atoms. The Labute approximate surface area is 86.2 Å². The monoisotopic (exact) mass is 196 g/mol. The predicted molar refractivity (Wildman–Crippen MR) is 59.0 cm³/mol. The summed E-state index contributed by atoms with van der Waals surface area (Å²) in [5, 5.41) is 0. The summed E-state index contributed by atoms with van der Waals surface area (Å²) in [4.78, 5) is 0. The van der Waals surface area contributed by atoms with Gasteiger partial charge in [0.1, 0.15) is 6.54 Å². The summed E-state index contributed by atoms with van der Waals surface area (Å²) in [5.74, 6) is 1.03. The van der Waals surface area contributed by atoms with E-state index in [1.54, 1.807) is 0 Å². The molecule has 0 aliphatic heterocycles. The maximum absolute atomic E-state index is 4.19. The standard InChI is InChI=1S/C11H17NS/c13-11-7-2-1-4-8-12-9-5-3-6-10-12/h3,5-6,9-10H,1-2,4,7-8,11H2/p+1. The maximum atomic E-state index is 4.19. The summed E-state index contributed by atoms with van der Waals surface area (Å²) >= 11 is 4.19. The lowest BCUT2D eigenvalue weighted by molar-refractivity contribution is -0.697. The molecule has 0 aromatic carbocycles. The van der Waals surface area contributed by atoms with Crippen molar-refractivity contribution in [1.29, 1.82) is 0 Å². The molecule has 0 spiro atoms. The van der Waals surface area contributed by atoms with E-state index in [1.807, 2.05) is 0 Å². The Morgan fingerprint density at radius 1 is 0.846 bits per heavy atom. The average Bonchev–Trinajstić information content (AvgIpc) is 2.19. The molecule has 0 aliphatic rings. The first kappa shape index (κ1) is 10.6. The molecule has 0 unspecified atom stereocenters. The van der Waals surface area contributed by atoms with Gasteiger partial charge in [-0.2, -0.15) is 12.6 Å². The zero-order chi connectivity index (χ0) is 9.36. The van der Waals surface area contributed by atoms with Gasteiger partial charge >= 0.3 is 0 Å². The zero-order valence-corrected chi connectivity index (χ0v) is 8.92. The number of thiol groups is 1. The van der Waals surface area contributed by atoms with E-state index >= 15 is 0 Å². The molecular weight excluding hydrogens is 178 g/mol. The van der Waals surface area contributed by atoms with Crippen molar-refractivity contribution >= 4 is 12.6 Å². The van der Waals surface area contributed by atoms with Gasteiger partial charge in [0.15, 0.2) is 12.4 Å². The van der Waals surface area contributed by atoms with Crippen LogP contribution in [0.1, 0.15) is 25.7 Å². The molecule has 1 rings (SSSR count). The third-order valence-electron chi connectivity index (χ3n) is 2.10. The van der Waals surface area contributed by atoms with Gasteiger partial charge in [-0.05, 0) is 18.6 Å². The SMILES string of the molecule is SCCCCCC[n+]1ccccc1. The summed E-state index contributed by atoms with van der Waals surface area (Å²) < 4.78 is 2.24. The molecule has 0 saturated carbocycles. The molecule has 72 valence electrons. The highest BCUT2D eigenvalue weighted by molar-refractivity contribution is 7.80. The fourth-order valence-corrected chi connectivity index (χ4v) is 1.57. The smallest absolute Gasteiger partial charge is 0.168 e. The molecule has 1 nitrogen and oxygen atoms in total. The quantitative estimate of drug-likeness (QED) is 0.405. The molecule has 0 atom stereocenters. The Morgan fingerprint density at radius 2 is 1.54 bits per heavy atom. The van der Waals surface area contributed by atoms with Crippen LogP contribution in [-0.4, -0.2) is 5.75 Å². The Bertz CT molecular complexity index is 211. The van der Waals surface area contributed by atoms with Crippen molar-refractivity contribution in [2.75, 3.05) is 5.75 Å². The molecule has 1 aromatic heterocycles. The highest BCUT2D eigenvalue weighted by Gasteiger charge is 1.96. The van der Waals surface area contributed by atoms with Crippen LogP contribution in [-0.2, 0) is 6.54 Å². The van der Waals surface area contributed by atoms with Crippen LogP contribution < -0.4 is 4.57 Å². The highest BCUT2D eigenvalue weighted by Crippen LogP contribution is 2.00. The van der Waals surface area contributed by atoms with E-state index in [1.165, 1.54) is 25.7 Å². The number of unbranched alkanes of at least 4 members (excludes halogenated alkanes) is 3. The Morgan fingerprint density at radius 3 is 2.23 bits per heavy atom. The van der Waals surface area contributed by atoms with Crippen LogP contribution in [0, 0.1) is 0 Å². The normalized spacial score (nSPS) is 10.2. The average molecular weight is 196 g/mol. The zero-order valence-electron chi connectivity index (χ0n) is 8.02. The molecule has 0 N–H and O–H groups in total. The van der Waals surface area contributed by atoms with Crippen molar-refractivity contribution in [3.05, 3.63) is 30.6 Å². The van der Waals surface area contributed by atoms with Gasteiger partial charge in [0.2, 0.25) is 0 Å². The molecule has 0 aliphatic carbocycles. The predicted octanol–water partition coefficient (Wildman–Crippen LogP) is 2.46. The van der Waals surface area contributed by atoms with Crippen molar-refractivity contribution in [1.82, 2.24) is 0 Å². The topological polar surface area (TPSA) is 3.88 Å². The number of aryl methyl sites for hydroxylation is 1. The summed E-state index contributed by atoms with van der Waals surface area (Å²) in [6, 6.07) is 6.21. The van der Waals surface area contributed by atoms with Crippen molar-refractivity contribution in [3.8, 4) is 0 Å². The molecule has 0 saturated heterocycles. The van der Waals surface area contributed by atoms with Crippen LogP contribution in [0.5, 0.6) is 0 Å². The van der Waals surface area contributed by atoms with Gasteiger partial charge in [-0.3, -0.25) is 0 Å². The molecular formula is C11H18NS+. The van der Waals surface area contributed by atoms with Gasteiger partial charge in [-0.25, -0.2) is 4.57 Å². The first-order valence-electron chi connectivity index (χ1n) is 4.98. The number of nitrogens with zero attached hydrogens (tertiary/aromatic N) is 1. The minimum absolute atomic E-state index is 1.03. The summed E-state index contributed by atoms with van der Waals surface area (Å²) in [6.45, 7) is 1.15. The van der Waals surface area contributed by atoms with E-state index in [0.29, 0.717) is 0 Å². The van der Waals surface area contributed by atoms with Gasteiger partial charge in [0.25, 0.3) is 0 Å². The van der Waals surface area contributed by atoms with E-state index in [4.69, 9.17) is 0 Å². The number of hydrogen-bond donors (Lipinski definition) is 1. The van der Waals surface area contributed by atoms with E-state index in [9.17, 15) is 0 Å². The number of rotatable bonds is 6. The lowest BCUT2D eigenvalue weighted by Crippen LogP contribution is -2.32. The number of aromatic nitrogens is 1. The third-order valence-corrected chi connectivity index (χ3v) is 2.42.